The number of fused-ring (bicyclic) bond motifs is 1. The molecule has 3 N–H and O–H groups in total. The number of rotatable bonds is 3. The molecular weight excluding hydrogens is 399 g/mol. The predicted octanol–water partition coefficient (Wildman–Crippen LogP) is 2.17. The standard InChI is InChI=1S/C18H19FN6OS2/c1-17(2,26)14-12(19)6-22-16(23-14)25-7-10-8-27-15(21)24-18(10,9-25)13-4-3-11(5-20)28-13/h3-4,6,10,26H,7-9H2,1-2H3,(H2,21,24). The highest BCUT2D eigenvalue weighted by Crippen LogP contribution is 2.48. The molecule has 0 aromatic carbocycles. The van der Waals surface area contributed by atoms with Crippen molar-refractivity contribution in [3.8, 4) is 6.07 Å². The summed E-state index contributed by atoms with van der Waals surface area (Å²) in [5.74, 6) is 0.639. The van der Waals surface area contributed by atoms with Crippen LogP contribution >= 0.6 is 23.1 Å². The molecule has 7 nitrogen and oxygen atoms in total. The summed E-state index contributed by atoms with van der Waals surface area (Å²) in [5, 5.41) is 19.9. The average Bonchev–Trinajstić information content (AvgIpc) is 3.26. The molecule has 0 spiro atoms. The first-order valence-corrected chi connectivity index (χ1v) is 10.5. The van der Waals surface area contributed by atoms with Crippen LogP contribution in [0.1, 0.15) is 29.3 Å². The van der Waals surface area contributed by atoms with E-state index in [0.717, 1.165) is 16.8 Å². The summed E-state index contributed by atoms with van der Waals surface area (Å²) in [6, 6.07) is 5.90. The van der Waals surface area contributed by atoms with Gasteiger partial charge in [-0.3, -0.25) is 0 Å². The summed E-state index contributed by atoms with van der Waals surface area (Å²) >= 11 is 2.92. The summed E-state index contributed by atoms with van der Waals surface area (Å²) in [4.78, 5) is 16.8. The highest BCUT2D eigenvalue weighted by atomic mass is 32.2. The van der Waals surface area contributed by atoms with Gasteiger partial charge in [0, 0.05) is 23.1 Å². The Labute approximate surface area is 170 Å². The molecule has 2 unspecified atom stereocenters. The van der Waals surface area contributed by atoms with Crippen molar-refractivity contribution < 1.29 is 9.50 Å². The van der Waals surface area contributed by atoms with Crippen LogP contribution in [0.25, 0.3) is 0 Å². The fraction of sp³-hybridized carbons (Fsp3) is 0.444. The van der Waals surface area contributed by atoms with E-state index in [-0.39, 0.29) is 11.6 Å². The van der Waals surface area contributed by atoms with Crippen molar-refractivity contribution in [2.75, 3.05) is 23.7 Å². The number of amidine groups is 1. The number of nitrogens with two attached hydrogens (primary N) is 1. The minimum absolute atomic E-state index is 0.0401. The molecule has 0 aliphatic carbocycles. The molecule has 4 heterocycles. The Balaban J connectivity index is 1.75. The van der Waals surface area contributed by atoms with Crippen LogP contribution in [0.5, 0.6) is 0 Å². The molecule has 1 saturated heterocycles. The van der Waals surface area contributed by atoms with Crippen LogP contribution in [-0.4, -0.2) is 39.1 Å². The predicted molar refractivity (Wildman–Crippen MR) is 108 cm³/mol. The van der Waals surface area contributed by atoms with Crippen molar-refractivity contribution in [3.05, 3.63) is 39.6 Å². The Hall–Kier alpha value is -2.22. The zero-order valence-electron chi connectivity index (χ0n) is 15.4. The second-order valence-electron chi connectivity index (χ2n) is 7.46. The second kappa shape index (κ2) is 6.69. The van der Waals surface area contributed by atoms with E-state index in [1.165, 1.54) is 36.9 Å². The smallest absolute Gasteiger partial charge is 0.225 e. The van der Waals surface area contributed by atoms with Crippen molar-refractivity contribution in [2.24, 2.45) is 16.6 Å². The molecule has 2 aliphatic heterocycles. The van der Waals surface area contributed by atoms with Gasteiger partial charge in [0.1, 0.15) is 27.8 Å². The van der Waals surface area contributed by atoms with Crippen LogP contribution in [0, 0.1) is 23.1 Å². The van der Waals surface area contributed by atoms with E-state index in [2.05, 4.69) is 16.0 Å². The number of aliphatic hydroxyl groups is 1. The van der Waals surface area contributed by atoms with E-state index in [9.17, 15) is 14.8 Å². The molecular formula is C18H19FN6OS2. The third-order valence-corrected chi connectivity index (χ3v) is 7.14. The number of thiophene rings is 1. The third kappa shape index (κ3) is 3.13. The molecule has 0 saturated carbocycles. The van der Waals surface area contributed by atoms with Crippen LogP contribution in [0.4, 0.5) is 10.3 Å². The summed E-state index contributed by atoms with van der Waals surface area (Å²) < 4.78 is 14.1. The normalized spacial score (nSPS) is 24.6. The maximum Gasteiger partial charge on any atom is 0.225 e. The Morgan fingerprint density at radius 3 is 2.93 bits per heavy atom. The monoisotopic (exact) mass is 418 g/mol. The molecule has 4 rings (SSSR count). The number of aromatic nitrogens is 2. The number of thioether (sulfide) groups is 1. The third-order valence-electron chi connectivity index (χ3n) is 5.03. The molecule has 1 fully saturated rings. The summed E-state index contributed by atoms with van der Waals surface area (Å²) in [6.45, 7) is 4.08. The zero-order valence-corrected chi connectivity index (χ0v) is 17.0. The van der Waals surface area contributed by atoms with Gasteiger partial charge in [-0.2, -0.15) is 5.26 Å². The summed E-state index contributed by atoms with van der Waals surface area (Å²) in [5.41, 5.74) is 4.02. The van der Waals surface area contributed by atoms with Crippen molar-refractivity contribution >= 4 is 34.2 Å². The number of nitrogens with zero attached hydrogens (tertiary/aromatic N) is 5. The van der Waals surface area contributed by atoms with Gasteiger partial charge in [0.15, 0.2) is 11.0 Å². The molecule has 146 valence electrons. The highest BCUT2D eigenvalue weighted by molar-refractivity contribution is 8.13. The summed E-state index contributed by atoms with van der Waals surface area (Å²) in [7, 11) is 0. The lowest BCUT2D eigenvalue weighted by Crippen LogP contribution is -2.39. The first-order valence-electron chi connectivity index (χ1n) is 8.72. The van der Waals surface area contributed by atoms with Gasteiger partial charge in [0.05, 0.1) is 12.7 Å². The van der Waals surface area contributed by atoms with E-state index in [0.29, 0.717) is 29.1 Å². The minimum atomic E-state index is -1.42. The highest BCUT2D eigenvalue weighted by Gasteiger charge is 2.51. The Bertz CT molecular complexity index is 995. The first kappa shape index (κ1) is 19.1. The van der Waals surface area contributed by atoms with Gasteiger partial charge >= 0.3 is 0 Å². The molecule has 2 aromatic heterocycles. The lowest BCUT2D eigenvalue weighted by molar-refractivity contribution is 0.0693. The van der Waals surface area contributed by atoms with Crippen LogP contribution in [0.15, 0.2) is 23.3 Å². The molecule has 0 radical (unpaired) electrons. The molecule has 0 amide bonds. The van der Waals surface area contributed by atoms with Gasteiger partial charge in [-0.05, 0) is 26.0 Å². The van der Waals surface area contributed by atoms with Crippen LogP contribution in [-0.2, 0) is 11.1 Å². The zero-order chi connectivity index (χ0) is 20.1. The topological polar surface area (TPSA) is 111 Å². The van der Waals surface area contributed by atoms with Gasteiger partial charge in [-0.15, -0.1) is 11.3 Å². The van der Waals surface area contributed by atoms with E-state index >= 15 is 0 Å². The number of hydrogen-bond acceptors (Lipinski definition) is 9. The van der Waals surface area contributed by atoms with Gasteiger partial charge in [-0.25, -0.2) is 19.4 Å². The second-order valence-corrected chi connectivity index (χ2v) is 9.59. The van der Waals surface area contributed by atoms with Crippen LogP contribution < -0.4 is 10.6 Å². The minimum Gasteiger partial charge on any atom is -0.384 e. The number of aliphatic imine (C=N–C) groups is 1. The lowest BCUT2D eigenvalue weighted by Gasteiger charge is -2.33. The number of hydrogen-bond donors (Lipinski definition) is 2. The Morgan fingerprint density at radius 2 is 2.25 bits per heavy atom. The number of nitriles is 1. The average molecular weight is 419 g/mol. The Kier molecular flexibility index (Phi) is 4.56. The van der Waals surface area contributed by atoms with E-state index < -0.39 is 17.0 Å². The molecule has 2 atom stereocenters. The van der Waals surface area contributed by atoms with Crippen molar-refractivity contribution in [3.63, 3.8) is 0 Å². The number of halogens is 1. The van der Waals surface area contributed by atoms with Gasteiger partial charge in [0.25, 0.3) is 0 Å². The quantitative estimate of drug-likeness (QED) is 0.786. The van der Waals surface area contributed by atoms with Crippen LogP contribution in [0.2, 0.25) is 0 Å². The maximum atomic E-state index is 14.1. The fourth-order valence-electron chi connectivity index (χ4n) is 3.69. The molecule has 10 heteroatoms. The van der Waals surface area contributed by atoms with Crippen LogP contribution in [0.3, 0.4) is 0 Å². The fourth-order valence-corrected chi connectivity index (χ4v) is 5.68. The lowest BCUT2D eigenvalue weighted by atomic mass is 9.87. The SMILES string of the molecule is CC(C)(O)c1nc(N2CC3CSC(N)=NC3(c3ccc(C#N)s3)C2)ncc1F. The molecule has 2 aliphatic rings. The van der Waals surface area contributed by atoms with Gasteiger partial charge in [-0.1, -0.05) is 11.8 Å². The van der Waals surface area contributed by atoms with Gasteiger partial charge < -0.3 is 15.7 Å². The summed E-state index contributed by atoms with van der Waals surface area (Å²) in [6.07, 6.45) is 1.09. The van der Waals surface area contributed by atoms with E-state index in [1.807, 2.05) is 11.0 Å². The Morgan fingerprint density at radius 1 is 1.46 bits per heavy atom. The number of anilines is 1. The maximum absolute atomic E-state index is 14.1. The van der Waals surface area contributed by atoms with Crippen molar-refractivity contribution in [1.29, 1.82) is 5.26 Å². The van der Waals surface area contributed by atoms with Crippen molar-refractivity contribution in [1.82, 2.24) is 9.97 Å². The first-order chi connectivity index (χ1) is 13.2. The molecule has 28 heavy (non-hydrogen) atoms. The molecule has 2 aromatic rings. The largest absolute Gasteiger partial charge is 0.384 e. The van der Waals surface area contributed by atoms with E-state index in [4.69, 9.17) is 10.7 Å². The van der Waals surface area contributed by atoms with Gasteiger partial charge in [0.2, 0.25) is 5.95 Å². The van der Waals surface area contributed by atoms with Crippen molar-refractivity contribution in [2.45, 2.75) is 25.0 Å². The van der Waals surface area contributed by atoms with E-state index in [1.54, 1.807) is 6.07 Å². The molecule has 0 bridgehead atoms.